The van der Waals surface area contributed by atoms with Crippen molar-refractivity contribution in [1.29, 1.82) is 0 Å². The SMILES string of the molecule is CNC(=O)CN1CC(O)C1.C\C=C(/C=C\C(=C\N)NC)OC1=CC=NCC=C1. The summed E-state index contributed by atoms with van der Waals surface area (Å²) in [6.07, 6.45) is 14.3. The molecule has 2 heterocycles. The molecule has 1 fully saturated rings. The first kappa shape index (κ1) is 23.2. The highest BCUT2D eigenvalue weighted by Gasteiger charge is 2.25. The number of β-amino-alcohol motifs (C(OH)–C–C–N with tert-alkyl or cyclic N) is 1. The summed E-state index contributed by atoms with van der Waals surface area (Å²) in [5.74, 6) is 1.51. The normalized spacial score (nSPS) is 17.9. The van der Waals surface area contributed by atoms with Gasteiger partial charge in [-0.15, -0.1) is 0 Å². The topological polar surface area (TPSA) is 112 Å². The van der Waals surface area contributed by atoms with Crippen LogP contribution in [0.3, 0.4) is 0 Å². The van der Waals surface area contributed by atoms with Crippen LogP contribution in [0.4, 0.5) is 0 Å². The number of aliphatic hydroxyl groups is 1. The molecule has 0 aromatic carbocycles. The van der Waals surface area contributed by atoms with E-state index in [2.05, 4.69) is 15.6 Å². The molecule has 5 N–H and O–H groups in total. The van der Waals surface area contributed by atoms with Crippen molar-refractivity contribution in [2.45, 2.75) is 13.0 Å². The molecule has 0 saturated carbocycles. The maximum Gasteiger partial charge on any atom is 0.233 e. The van der Waals surface area contributed by atoms with Gasteiger partial charge in [-0.3, -0.25) is 14.7 Å². The maximum atomic E-state index is 10.7. The summed E-state index contributed by atoms with van der Waals surface area (Å²) in [6.45, 7) is 4.28. The third-order valence-electron chi connectivity index (χ3n) is 3.84. The lowest BCUT2D eigenvalue weighted by molar-refractivity contribution is -0.124. The van der Waals surface area contributed by atoms with Gasteiger partial charge in [-0.1, -0.05) is 6.08 Å². The predicted octanol–water partition coefficient (Wildman–Crippen LogP) is 0.416. The number of likely N-dealkylation sites (tertiary alicyclic amines) is 1. The van der Waals surface area contributed by atoms with Gasteiger partial charge >= 0.3 is 0 Å². The van der Waals surface area contributed by atoms with Crippen molar-refractivity contribution in [3.05, 3.63) is 59.9 Å². The number of nitrogens with two attached hydrogens (primary N) is 1. The molecule has 1 saturated heterocycles. The highest BCUT2D eigenvalue weighted by Crippen LogP contribution is 2.11. The third kappa shape index (κ3) is 9.20. The molecule has 8 heteroatoms. The molecule has 0 aromatic rings. The molecule has 0 atom stereocenters. The summed E-state index contributed by atoms with van der Waals surface area (Å²) in [5.41, 5.74) is 6.26. The molecule has 1 amide bonds. The number of aliphatic hydroxyl groups excluding tert-OH is 1. The number of amides is 1. The average molecular weight is 390 g/mol. The zero-order chi connectivity index (χ0) is 20.8. The number of carbonyl (C=O) groups is 1. The van der Waals surface area contributed by atoms with E-state index in [1.54, 1.807) is 13.3 Å². The van der Waals surface area contributed by atoms with E-state index in [9.17, 15) is 4.79 Å². The zero-order valence-corrected chi connectivity index (χ0v) is 16.8. The first-order chi connectivity index (χ1) is 13.5. The Bertz CT molecular complexity index is 671. The lowest BCUT2D eigenvalue weighted by Gasteiger charge is -2.34. The van der Waals surface area contributed by atoms with Crippen LogP contribution < -0.4 is 16.4 Å². The van der Waals surface area contributed by atoms with E-state index in [-0.39, 0.29) is 12.0 Å². The first-order valence-corrected chi connectivity index (χ1v) is 9.11. The average Bonchev–Trinajstić information content (AvgIpc) is 2.95. The Morgan fingerprint density at radius 1 is 1.39 bits per heavy atom. The van der Waals surface area contributed by atoms with E-state index in [4.69, 9.17) is 15.6 Å². The minimum Gasteiger partial charge on any atom is -0.458 e. The largest absolute Gasteiger partial charge is 0.458 e. The van der Waals surface area contributed by atoms with Gasteiger partial charge in [0.25, 0.3) is 0 Å². The van der Waals surface area contributed by atoms with Gasteiger partial charge < -0.3 is 26.2 Å². The van der Waals surface area contributed by atoms with E-state index in [0.29, 0.717) is 26.2 Å². The number of carbonyl (C=O) groups excluding carboxylic acids is 1. The maximum absolute atomic E-state index is 10.7. The van der Waals surface area contributed by atoms with Crippen molar-refractivity contribution >= 4 is 12.1 Å². The predicted molar refractivity (Wildman–Crippen MR) is 112 cm³/mol. The van der Waals surface area contributed by atoms with Crippen LogP contribution in [0.1, 0.15) is 6.92 Å². The summed E-state index contributed by atoms with van der Waals surface area (Å²) in [6, 6.07) is 0. The Balaban J connectivity index is 0.000000330. The second-order valence-corrected chi connectivity index (χ2v) is 6.01. The molecule has 154 valence electrons. The second kappa shape index (κ2) is 13.3. The Morgan fingerprint density at radius 3 is 2.71 bits per heavy atom. The van der Waals surface area contributed by atoms with E-state index < -0.39 is 0 Å². The molecule has 0 radical (unpaired) electrons. The van der Waals surface area contributed by atoms with Gasteiger partial charge in [0.15, 0.2) is 0 Å². The van der Waals surface area contributed by atoms with Crippen LogP contribution in [0.15, 0.2) is 64.9 Å². The highest BCUT2D eigenvalue weighted by atomic mass is 16.5. The fraction of sp³-hybridized carbons (Fsp3) is 0.400. The van der Waals surface area contributed by atoms with Crippen molar-refractivity contribution in [2.24, 2.45) is 10.7 Å². The van der Waals surface area contributed by atoms with E-state index in [0.717, 1.165) is 17.2 Å². The number of nitrogens with zero attached hydrogens (tertiary/aromatic N) is 2. The van der Waals surface area contributed by atoms with Gasteiger partial charge in [0.2, 0.25) is 5.91 Å². The smallest absolute Gasteiger partial charge is 0.233 e. The molecule has 2 aliphatic rings. The van der Waals surface area contributed by atoms with Crippen LogP contribution in [0.2, 0.25) is 0 Å². The number of hydrogen-bond donors (Lipinski definition) is 4. The lowest BCUT2D eigenvalue weighted by atomic mass is 10.2. The standard InChI is InChI=1S/C14H19N3O.C6H12N2O2/c1-3-13(7-6-12(11-15)16-2)18-14-5-4-9-17-10-8-14;1-7-6(10)4-8-2-5(9)3-8/h3-8,10-11,16H,9,15H2,1-2H3;5,9H,2-4H2,1H3,(H,7,10)/b7-6-,12-11-,13-3+;. The fourth-order valence-corrected chi connectivity index (χ4v) is 2.21. The highest BCUT2D eigenvalue weighted by molar-refractivity contribution is 5.77. The zero-order valence-electron chi connectivity index (χ0n) is 16.8. The number of rotatable bonds is 7. The number of likely N-dealkylation sites (N-methyl/N-ethyl adjacent to an activating group) is 2. The van der Waals surface area contributed by atoms with Crippen LogP contribution in [0.5, 0.6) is 0 Å². The number of allylic oxidation sites excluding steroid dienone is 5. The molecule has 28 heavy (non-hydrogen) atoms. The third-order valence-corrected chi connectivity index (χ3v) is 3.84. The van der Waals surface area contributed by atoms with Crippen molar-refractivity contribution in [1.82, 2.24) is 15.5 Å². The Kier molecular flexibility index (Phi) is 11.1. The Morgan fingerprint density at radius 2 is 2.14 bits per heavy atom. The number of ether oxygens (including phenoxy) is 1. The molecule has 0 spiro atoms. The monoisotopic (exact) mass is 389 g/mol. The number of aliphatic imine (C=N–C) groups is 1. The van der Waals surface area contributed by atoms with Crippen molar-refractivity contribution in [2.75, 3.05) is 40.3 Å². The minimum absolute atomic E-state index is 0.00639. The molecule has 0 aliphatic carbocycles. The van der Waals surface area contributed by atoms with Crippen molar-refractivity contribution < 1.29 is 14.6 Å². The molecule has 8 nitrogen and oxygen atoms in total. The van der Waals surface area contributed by atoms with Crippen LogP contribution in [0.25, 0.3) is 0 Å². The molecular formula is C20H31N5O3. The van der Waals surface area contributed by atoms with Gasteiger partial charge in [0, 0.05) is 45.3 Å². The Labute approximate surface area is 166 Å². The van der Waals surface area contributed by atoms with Crippen LogP contribution in [-0.4, -0.2) is 68.5 Å². The summed E-state index contributed by atoms with van der Waals surface area (Å²) in [7, 11) is 3.42. The van der Waals surface area contributed by atoms with Gasteiger partial charge in [-0.05, 0) is 37.3 Å². The first-order valence-electron chi connectivity index (χ1n) is 9.11. The van der Waals surface area contributed by atoms with Gasteiger partial charge in [0.05, 0.1) is 19.2 Å². The Hall–Kier alpha value is -2.84. The number of hydrogen-bond acceptors (Lipinski definition) is 7. The van der Waals surface area contributed by atoms with Crippen molar-refractivity contribution in [3.63, 3.8) is 0 Å². The van der Waals surface area contributed by atoms with E-state index >= 15 is 0 Å². The van der Waals surface area contributed by atoms with E-state index in [1.807, 2.05) is 55.3 Å². The summed E-state index contributed by atoms with van der Waals surface area (Å²) < 4.78 is 5.72. The summed E-state index contributed by atoms with van der Waals surface area (Å²) >= 11 is 0. The molecular weight excluding hydrogens is 358 g/mol. The lowest BCUT2D eigenvalue weighted by Crippen LogP contribution is -2.53. The molecule has 2 rings (SSSR count). The van der Waals surface area contributed by atoms with Crippen LogP contribution >= 0.6 is 0 Å². The fourth-order valence-electron chi connectivity index (χ4n) is 2.21. The molecule has 0 unspecified atom stereocenters. The molecule has 2 aliphatic heterocycles. The van der Waals surface area contributed by atoms with Crippen molar-refractivity contribution in [3.8, 4) is 0 Å². The second-order valence-electron chi connectivity index (χ2n) is 6.01. The molecule has 0 bridgehead atoms. The summed E-state index contributed by atoms with van der Waals surface area (Å²) in [5, 5.41) is 14.3. The van der Waals surface area contributed by atoms with E-state index in [1.165, 1.54) is 6.20 Å². The van der Waals surface area contributed by atoms with Gasteiger partial charge in [-0.2, -0.15) is 0 Å². The van der Waals surface area contributed by atoms with Crippen LogP contribution in [-0.2, 0) is 9.53 Å². The van der Waals surface area contributed by atoms with Gasteiger partial charge in [-0.25, -0.2) is 0 Å². The molecule has 0 aromatic heterocycles. The quantitative estimate of drug-likeness (QED) is 0.371. The van der Waals surface area contributed by atoms with Crippen LogP contribution in [0, 0.1) is 0 Å². The minimum atomic E-state index is -0.218. The van der Waals surface area contributed by atoms with Gasteiger partial charge in [0.1, 0.15) is 11.5 Å². The summed E-state index contributed by atoms with van der Waals surface area (Å²) in [4.78, 5) is 16.7. The number of nitrogens with one attached hydrogen (secondary N) is 2.